The van der Waals surface area contributed by atoms with E-state index in [-0.39, 0.29) is 0 Å². The second kappa shape index (κ2) is 6.37. The van der Waals surface area contributed by atoms with E-state index in [9.17, 15) is 8.78 Å². The van der Waals surface area contributed by atoms with Gasteiger partial charge in [0.2, 0.25) is 0 Å². The molecule has 108 valence electrons. The fourth-order valence-electron chi connectivity index (χ4n) is 1.91. The van der Waals surface area contributed by atoms with Gasteiger partial charge in [-0.25, -0.2) is 8.78 Å². The predicted molar refractivity (Wildman–Crippen MR) is 75.8 cm³/mol. The molecular formula is C14H17F2N3S. The number of nitrogens with zero attached hydrogens (tertiary/aromatic N) is 2. The van der Waals surface area contributed by atoms with E-state index < -0.39 is 11.6 Å². The van der Waals surface area contributed by atoms with Crippen molar-refractivity contribution in [2.24, 2.45) is 7.05 Å². The molecule has 0 saturated heterocycles. The average Bonchev–Trinajstić information content (AvgIpc) is 2.66. The molecule has 0 aliphatic carbocycles. The van der Waals surface area contributed by atoms with Crippen LogP contribution >= 0.6 is 11.8 Å². The van der Waals surface area contributed by atoms with Crippen LogP contribution in [-0.4, -0.2) is 16.3 Å². The van der Waals surface area contributed by atoms with E-state index in [0.29, 0.717) is 11.4 Å². The summed E-state index contributed by atoms with van der Waals surface area (Å²) in [6.07, 6.45) is 0. The molecule has 0 spiro atoms. The maximum atomic E-state index is 13.3. The van der Waals surface area contributed by atoms with Gasteiger partial charge >= 0.3 is 0 Å². The molecule has 0 radical (unpaired) electrons. The summed E-state index contributed by atoms with van der Waals surface area (Å²) in [4.78, 5) is 0.657. The van der Waals surface area contributed by atoms with Crippen LogP contribution in [0.15, 0.2) is 28.1 Å². The number of benzene rings is 1. The summed E-state index contributed by atoms with van der Waals surface area (Å²) in [5.41, 5.74) is 2.03. The Bertz CT molecular complexity index is 611. The van der Waals surface area contributed by atoms with E-state index in [1.165, 1.54) is 17.8 Å². The van der Waals surface area contributed by atoms with Crippen LogP contribution in [0.5, 0.6) is 0 Å². The Morgan fingerprint density at radius 3 is 2.70 bits per heavy atom. The van der Waals surface area contributed by atoms with Crippen LogP contribution in [0.2, 0.25) is 0 Å². The van der Waals surface area contributed by atoms with Gasteiger partial charge in [0.15, 0.2) is 11.6 Å². The molecule has 0 amide bonds. The smallest absolute Gasteiger partial charge is 0.159 e. The van der Waals surface area contributed by atoms with Gasteiger partial charge in [-0.1, -0.05) is 18.7 Å². The van der Waals surface area contributed by atoms with Gasteiger partial charge in [0.25, 0.3) is 0 Å². The molecule has 0 fully saturated rings. The van der Waals surface area contributed by atoms with Crippen molar-refractivity contribution < 1.29 is 8.78 Å². The number of nitrogens with one attached hydrogen (secondary N) is 1. The first-order valence-electron chi connectivity index (χ1n) is 6.39. The second-order valence-electron chi connectivity index (χ2n) is 4.45. The maximum Gasteiger partial charge on any atom is 0.159 e. The number of aromatic nitrogens is 2. The van der Waals surface area contributed by atoms with Gasteiger partial charge in [-0.05, 0) is 31.7 Å². The molecule has 6 heteroatoms. The minimum atomic E-state index is -0.831. The molecular weight excluding hydrogens is 280 g/mol. The van der Waals surface area contributed by atoms with E-state index >= 15 is 0 Å². The third-order valence-electron chi connectivity index (χ3n) is 2.95. The zero-order chi connectivity index (χ0) is 14.7. The Labute approximate surface area is 121 Å². The molecule has 1 heterocycles. The number of hydrogen-bond donors (Lipinski definition) is 1. The normalized spacial score (nSPS) is 11.1. The van der Waals surface area contributed by atoms with Gasteiger partial charge in [0, 0.05) is 24.1 Å². The van der Waals surface area contributed by atoms with Gasteiger partial charge < -0.3 is 5.32 Å². The summed E-state index contributed by atoms with van der Waals surface area (Å²) in [5.74, 6) is -1.66. The molecule has 0 saturated carbocycles. The highest BCUT2D eigenvalue weighted by atomic mass is 32.2. The topological polar surface area (TPSA) is 29.9 Å². The van der Waals surface area contributed by atoms with E-state index in [0.717, 1.165) is 28.9 Å². The Balaban J connectivity index is 2.29. The first-order valence-corrected chi connectivity index (χ1v) is 7.20. The molecule has 0 bridgehead atoms. The van der Waals surface area contributed by atoms with Gasteiger partial charge in [0.05, 0.1) is 5.69 Å². The van der Waals surface area contributed by atoms with E-state index in [2.05, 4.69) is 10.4 Å². The lowest BCUT2D eigenvalue weighted by atomic mass is 10.2. The van der Waals surface area contributed by atoms with E-state index in [4.69, 9.17) is 0 Å². The zero-order valence-electron chi connectivity index (χ0n) is 11.7. The van der Waals surface area contributed by atoms with Crippen LogP contribution < -0.4 is 5.32 Å². The molecule has 3 nitrogen and oxygen atoms in total. The van der Waals surface area contributed by atoms with Crippen molar-refractivity contribution in [3.05, 3.63) is 41.1 Å². The monoisotopic (exact) mass is 297 g/mol. The quantitative estimate of drug-likeness (QED) is 0.918. The van der Waals surface area contributed by atoms with Crippen molar-refractivity contribution >= 4 is 11.8 Å². The number of aryl methyl sites for hydroxylation is 2. The fourth-order valence-corrected chi connectivity index (χ4v) is 2.95. The van der Waals surface area contributed by atoms with Crippen LogP contribution in [0.4, 0.5) is 8.78 Å². The zero-order valence-corrected chi connectivity index (χ0v) is 12.5. The summed E-state index contributed by atoms with van der Waals surface area (Å²) in [7, 11) is 1.85. The Morgan fingerprint density at radius 2 is 2.05 bits per heavy atom. The van der Waals surface area contributed by atoms with Crippen LogP contribution in [0, 0.1) is 18.6 Å². The molecule has 0 aliphatic heterocycles. The fraction of sp³-hybridized carbons (Fsp3) is 0.357. The SMILES string of the molecule is CCNCc1c(C)nn(C)c1Sc1ccc(F)c(F)c1. The molecule has 2 aromatic rings. The second-order valence-corrected chi connectivity index (χ2v) is 5.51. The predicted octanol–water partition coefficient (Wildman–Crippen LogP) is 3.27. The first-order chi connectivity index (χ1) is 9.52. The van der Waals surface area contributed by atoms with E-state index in [1.807, 2.05) is 20.9 Å². The highest BCUT2D eigenvalue weighted by Crippen LogP contribution is 2.32. The van der Waals surface area contributed by atoms with Gasteiger partial charge in [0.1, 0.15) is 5.03 Å². The highest BCUT2D eigenvalue weighted by molar-refractivity contribution is 7.99. The Kier molecular flexibility index (Phi) is 4.77. The lowest BCUT2D eigenvalue weighted by molar-refractivity contribution is 0.506. The molecule has 0 unspecified atom stereocenters. The number of rotatable bonds is 5. The van der Waals surface area contributed by atoms with Crippen LogP contribution in [0.25, 0.3) is 0 Å². The van der Waals surface area contributed by atoms with Crippen LogP contribution in [-0.2, 0) is 13.6 Å². The summed E-state index contributed by atoms with van der Waals surface area (Å²) < 4.78 is 28.0. The molecule has 0 aliphatic rings. The first kappa shape index (κ1) is 15.0. The van der Waals surface area contributed by atoms with Crippen molar-refractivity contribution in [3.8, 4) is 0 Å². The largest absolute Gasteiger partial charge is 0.313 e. The molecule has 1 aromatic heterocycles. The maximum absolute atomic E-state index is 13.3. The summed E-state index contributed by atoms with van der Waals surface area (Å²) in [6, 6.07) is 3.92. The molecule has 1 aromatic carbocycles. The van der Waals surface area contributed by atoms with Crippen molar-refractivity contribution in [2.75, 3.05) is 6.54 Å². The Morgan fingerprint density at radius 1 is 1.30 bits per heavy atom. The van der Waals surface area contributed by atoms with Crippen molar-refractivity contribution in [2.45, 2.75) is 30.3 Å². The third kappa shape index (κ3) is 3.19. The number of hydrogen-bond acceptors (Lipinski definition) is 3. The van der Waals surface area contributed by atoms with Gasteiger partial charge in [-0.15, -0.1) is 0 Å². The van der Waals surface area contributed by atoms with Gasteiger partial charge in [-0.2, -0.15) is 5.10 Å². The van der Waals surface area contributed by atoms with Crippen molar-refractivity contribution in [3.63, 3.8) is 0 Å². The van der Waals surface area contributed by atoms with Crippen LogP contribution in [0.1, 0.15) is 18.2 Å². The Hall–Kier alpha value is -1.40. The highest BCUT2D eigenvalue weighted by Gasteiger charge is 2.15. The van der Waals surface area contributed by atoms with Gasteiger partial charge in [-0.3, -0.25) is 4.68 Å². The lowest BCUT2D eigenvalue weighted by Gasteiger charge is -2.07. The van der Waals surface area contributed by atoms with Crippen molar-refractivity contribution in [1.29, 1.82) is 0 Å². The average molecular weight is 297 g/mol. The minimum absolute atomic E-state index is 0.657. The summed E-state index contributed by atoms with van der Waals surface area (Å²) >= 11 is 1.39. The lowest BCUT2D eigenvalue weighted by Crippen LogP contribution is -2.12. The standard InChI is InChI=1S/C14H17F2N3S/c1-4-17-8-11-9(2)18-19(3)14(11)20-10-5-6-12(15)13(16)7-10/h5-7,17H,4,8H2,1-3H3. The molecule has 0 atom stereocenters. The van der Waals surface area contributed by atoms with E-state index in [1.54, 1.807) is 10.7 Å². The molecule has 2 rings (SSSR count). The number of halogens is 2. The molecule has 1 N–H and O–H groups in total. The minimum Gasteiger partial charge on any atom is -0.313 e. The summed E-state index contributed by atoms with van der Waals surface area (Å²) in [5, 5.41) is 8.59. The van der Waals surface area contributed by atoms with Crippen LogP contribution in [0.3, 0.4) is 0 Å². The summed E-state index contributed by atoms with van der Waals surface area (Å²) in [6.45, 7) is 5.56. The van der Waals surface area contributed by atoms with Crippen molar-refractivity contribution in [1.82, 2.24) is 15.1 Å². The third-order valence-corrected chi connectivity index (χ3v) is 4.14. The molecule has 20 heavy (non-hydrogen) atoms.